The first kappa shape index (κ1) is 14.4. The molecule has 0 bridgehead atoms. The molecular formula is C17H24N2O2. The van der Waals surface area contributed by atoms with Crippen LogP contribution in [0, 0.1) is 11.8 Å². The Morgan fingerprint density at radius 1 is 1.19 bits per heavy atom. The van der Waals surface area contributed by atoms with E-state index < -0.39 is 0 Å². The summed E-state index contributed by atoms with van der Waals surface area (Å²) in [7, 11) is 0. The van der Waals surface area contributed by atoms with Gasteiger partial charge in [0, 0.05) is 12.1 Å². The molecule has 4 nitrogen and oxygen atoms in total. The van der Waals surface area contributed by atoms with Gasteiger partial charge in [-0.05, 0) is 43.2 Å². The standard InChI is InChI=1S/C17H24N2O2/c1-12-7-14(12)10-18-15-8-16(9-15)19-17(20)21-11-13-5-3-2-4-6-13/h2-6,12,14-16,18H,7-11H2,1H3,(H,19,20). The molecule has 1 amide bonds. The number of hydrogen-bond donors (Lipinski definition) is 2. The molecule has 2 aliphatic rings. The number of hydrogen-bond acceptors (Lipinski definition) is 3. The number of carbonyl (C=O) groups is 1. The lowest BCUT2D eigenvalue weighted by atomic mass is 9.87. The van der Waals surface area contributed by atoms with Gasteiger partial charge in [0.1, 0.15) is 6.61 Å². The molecule has 0 heterocycles. The zero-order chi connectivity index (χ0) is 14.7. The van der Waals surface area contributed by atoms with Crippen molar-refractivity contribution in [1.82, 2.24) is 10.6 Å². The van der Waals surface area contributed by atoms with E-state index in [0.717, 1.165) is 36.8 Å². The van der Waals surface area contributed by atoms with Crippen molar-refractivity contribution in [2.45, 2.75) is 44.9 Å². The van der Waals surface area contributed by atoms with Crippen LogP contribution in [0.1, 0.15) is 31.7 Å². The van der Waals surface area contributed by atoms with Crippen molar-refractivity contribution in [3.63, 3.8) is 0 Å². The van der Waals surface area contributed by atoms with Crippen molar-refractivity contribution in [2.24, 2.45) is 11.8 Å². The van der Waals surface area contributed by atoms with Gasteiger partial charge in [-0.25, -0.2) is 4.79 Å². The molecule has 0 radical (unpaired) electrons. The Hall–Kier alpha value is -1.55. The molecule has 114 valence electrons. The van der Waals surface area contributed by atoms with Crippen molar-refractivity contribution < 1.29 is 9.53 Å². The predicted molar refractivity (Wildman–Crippen MR) is 81.8 cm³/mol. The second kappa shape index (κ2) is 6.48. The third kappa shape index (κ3) is 4.21. The van der Waals surface area contributed by atoms with Crippen molar-refractivity contribution in [2.75, 3.05) is 6.54 Å². The molecule has 0 aliphatic heterocycles. The first-order chi connectivity index (χ1) is 10.2. The summed E-state index contributed by atoms with van der Waals surface area (Å²) in [5, 5.41) is 6.51. The highest BCUT2D eigenvalue weighted by atomic mass is 16.5. The summed E-state index contributed by atoms with van der Waals surface area (Å²) in [5.41, 5.74) is 1.01. The van der Waals surface area contributed by atoms with Gasteiger partial charge in [-0.2, -0.15) is 0 Å². The van der Waals surface area contributed by atoms with E-state index in [1.165, 1.54) is 6.42 Å². The average molecular weight is 288 g/mol. The van der Waals surface area contributed by atoms with Crippen molar-refractivity contribution in [1.29, 1.82) is 0 Å². The molecular weight excluding hydrogens is 264 g/mol. The Bertz CT molecular complexity index is 471. The summed E-state index contributed by atoms with van der Waals surface area (Å²) >= 11 is 0. The van der Waals surface area contributed by atoms with E-state index in [2.05, 4.69) is 17.6 Å². The average Bonchev–Trinajstić information content (AvgIpc) is 3.16. The highest BCUT2D eigenvalue weighted by Gasteiger charge is 2.35. The number of nitrogens with one attached hydrogen (secondary N) is 2. The highest BCUT2D eigenvalue weighted by molar-refractivity contribution is 5.67. The molecule has 21 heavy (non-hydrogen) atoms. The van der Waals surface area contributed by atoms with Gasteiger partial charge in [-0.3, -0.25) is 0 Å². The summed E-state index contributed by atoms with van der Waals surface area (Å²) in [6.07, 6.45) is 3.09. The Balaban J connectivity index is 1.26. The van der Waals surface area contributed by atoms with Gasteiger partial charge < -0.3 is 15.4 Å². The fourth-order valence-electron chi connectivity index (χ4n) is 2.84. The summed E-state index contributed by atoms with van der Waals surface area (Å²) in [5.74, 6) is 1.78. The summed E-state index contributed by atoms with van der Waals surface area (Å²) in [6.45, 7) is 3.78. The van der Waals surface area contributed by atoms with Gasteiger partial charge >= 0.3 is 6.09 Å². The minimum atomic E-state index is -0.307. The summed E-state index contributed by atoms with van der Waals surface area (Å²) in [6, 6.07) is 10.6. The summed E-state index contributed by atoms with van der Waals surface area (Å²) < 4.78 is 5.22. The van der Waals surface area contributed by atoms with Crippen molar-refractivity contribution in [3.8, 4) is 0 Å². The zero-order valence-electron chi connectivity index (χ0n) is 12.5. The Kier molecular flexibility index (Phi) is 4.44. The second-order valence-corrected chi connectivity index (χ2v) is 6.45. The number of carbonyl (C=O) groups excluding carboxylic acids is 1. The number of amides is 1. The van der Waals surface area contributed by atoms with Crippen LogP contribution in [0.5, 0.6) is 0 Å². The molecule has 2 aliphatic carbocycles. The lowest BCUT2D eigenvalue weighted by Crippen LogP contribution is -2.52. The lowest BCUT2D eigenvalue weighted by Gasteiger charge is -2.36. The smallest absolute Gasteiger partial charge is 0.407 e. The van der Waals surface area contributed by atoms with Crippen LogP contribution >= 0.6 is 0 Å². The van der Waals surface area contributed by atoms with E-state index in [1.54, 1.807) is 0 Å². The van der Waals surface area contributed by atoms with Crippen LogP contribution < -0.4 is 10.6 Å². The fraction of sp³-hybridized carbons (Fsp3) is 0.588. The maximum absolute atomic E-state index is 11.7. The number of alkyl carbamates (subject to hydrolysis) is 1. The van der Waals surface area contributed by atoms with E-state index in [9.17, 15) is 4.79 Å². The van der Waals surface area contributed by atoms with Crippen LogP contribution in [0.25, 0.3) is 0 Å². The third-order valence-electron chi connectivity index (χ3n) is 4.62. The van der Waals surface area contributed by atoms with E-state index in [1.807, 2.05) is 30.3 Å². The summed E-state index contributed by atoms with van der Waals surface area (Å²) in [4.78, 5) is 11.7. The SMILES string of the molecule is CC1CC1CNC1CC(NC(=O)OCc2ccccc2)C1. The molecule has 0 spiro atoms. The molecule has 0 saturated heterocycles. The molecule has 3 rings (SSSR count). The zero-order valence-corrected chi connectivity index (χ0v) is 12.5. The van der Waals surface area contributed by atoms with Crippen molar-refractivity contribution in [3.05, 3.63) is 35.9 Å². The molecule has 0 aromatic heterocycles. The second-order valence-electron chi connectivity index (χ2n) is 6.45. The van der Waals surface area contributed by atoms with Crippen LogP contribution in [-0.4, -0.2) is 24.7 Å². The first-order valence-corrected chi connectivity index (χ1v) is 7.91. The number of ether oxygens (including phenoxy) is 1. The van der Waals surface area contributed by atoms with Gasteiger partial charge in [0.15, 0.2) is 0 Å². The van der Waals surface area contributed by atoms with E-state index in [0.29, 0.717) is 12.6 Å². The number of rotatable bonds is 6. The van der Waals surface area contributed by atoms with E-state index in [4.69, 9.17) is 4.74 Å². The quantitative estimate of drug-likeness (QED) is 0.846. The van der Waals surface area contributed by atoms with Crippen LogP contribution in [0.2, 0.25) is 0 Å². The van der Waals surface area contributed by atoms with Crippen LogP contribution in [0.3, 0.4) is 0 Å². The van der Waals surface area contributed by atoms with Gasteiger partial charge in [0.25, 0.3) is 0 Å². The van der Waals surface area contributed by atoms with Gasteiger partial charge in [-0.1, -0.05) is 37.3 Å². The molecule has 2 unspecified atom stereocenters. The largest absolute Gasteiger partial charge is 0.445 e. The normalized spacial score (nSPS) is 30.3. The van der Waals surface area contributed by atoms with E-state index in [-0.39, 0.29) is 12.1 Å². The Morgan fingerprint density at radius 3 is 2.57 bits per heavy atom. The minimum absolute atomic E-state index is 0.266. The first-order valence-electron chi connectivity index (χ1n) is 7.91. The van der Waals surface area contributed by atoms with E-state index >= 15 is 0 Å². The molecule has 2 saturated carbocycles. The van der Waals surface area contributed by atoms with Crippen LogP contribution in [0.4, 0.5) is 4.79 Å². The molecule has 1 aromatic carbocycles. The molecule has 2 N–H and O–H groups in total. The molecule has 2 fully saturated rings. The number of benzene rings is 1. The molecule has 4 heteroatoms. The predicted octanol–water partition coefficient (Wildman–Crippen LogP) is 2.69. The van der Waals surface area contributed by atoms with Gasteiger partial charge in [0.05, 0.1) is 0 Å². The Labute approximate surface area is 126 Å². The monoisotopic (exact) mass is 288 g/mol. The highest BCUT2D eigenvalue weighted by Crippen LogP contribution is 2.37. The van der Waals surface area contributed by atoms with Crippen molar-refractivity contribution >= 4 is 6.09 Å². The van der Waals surface area contributed by atoms with Gasteiger partial charge in [-0.15, -0.1) is 0 Å². The minimum Gasteiger partial charge on any atom is -0.445 e. The lowest BCUT2D eigenvalue weighted by molar-refractivity contribution is 0.125. The molecule has 2 atom stereocenters. The fourth-order valence-corrected chi connectivity index (χ4v) is 2.84. The maximum atomic E-state index is 11.7. The topological polar surface area (TPSA) is 50.4 Å². The Morgan fingerprint density at radius 2 is 1.90 bits per heavy atom. The third-order valence-corrected chi connectivity index (χ3v) is 4.62. The maximum Gasteiger partial charge on any atom is 0.407 e. The van der Waals surface area contributed by atoms with Crippen LogP contribution in [-0.2, 0) is 11.3 Å². The van der Waals surface area contributed by atoms with Crippen LogP contribution in [0.15, 0.2) is 30.3 Å². The molecule has 1 aromatic rings. The van der Waals surface area contributed by atoms with Gasteiger partial charge in [0.2, 0.25) is 0 Å².